The molecule has 0 radical (unpaired) electrons. The molecule has 44 valence electrons. The predicted molar refractivity (Wildman–Crippen MR) is 34.1 cm³/mol. The maximum absolute atomic E-state index is 5.09. The van der Waals surface area contributed by atoms with Crippen LogP contribution in [-0.4, -0.2) is 23.1 Å². The normalized spacial score (nSPS) is 6.12. The first-order valence-corrected chi connectivity index (χ1v) is 2.45. The Balaban J connectivity index is -0.000000125. The van der Waals surface area contributed by atoms with Crippen LogP contribution in [0.5, 0.6) is 0 Å². The van der Waals surface area contributed by atoms with Crippen LogP contribution in [0, 0.1) is 6.58 Å². The van der Waals surface area contributed by atoms with E-state index in [-0.39, 0.29) is 47.0 Å². The Bertz CT molecular complexity index is 37.5. The van der Waals surface area contributed by atoms with Gasteiger partial charge in [0.25, 0.3) is 0 Å². The average Bonchev–Trinajstić information content (AvgIpc) is 1.61. The van der Waals surface area contributed by atoms with Crippen LogP contribution >= 0.6 is 0 Å². The molecular weight excluding hydrogens is 223 g/mol. The Morgan fingerprint density at radius 1 is 1.50 bits per heavy atom. The van der Waals surface area contributed by atoms with Crippen LogP contribution < -0.4 is 24.0 Å². The van der Waals surface area contributed by atoms with Gasteiger partial charge in [0.2, 0.25) is 0 Å². The van der Waals surface area contributed by atoms with E-state index >= 15 is 0 Å². The summed E-state index contributed by atoms with van der Waals surface area (Å²) in [6.45, 7) is 7.25. The molecule has 0 saturated heterocycles. The first-order valence-electron chi connectivity index (χ1n) is 2.45. The van der Waals surface area contributed by atoms with Gasteiger partial charge in [-0.15, -0.1) is 0 Å². The molecule has 0 aromatic rings. The Morgan fingerprint density at radius 3 is 2.12 bits per heavy atom. The van der Waals surface area contributed by atoms with Crippen LogP contribution in [-0.2, 0) is 0 Å². The van der Waals surface area contributed by atoms with Gasteiger partial charge in [-0.25, -0.2) is 0 Å². The summed E-state index contributed by atoms with van der Waals surface area (Å²) in [6.07, 6.45) is 5.25. The van der Waals surface area contributed by atoms with Gasteiger partial charge in [0.1, 0.15) is 0 Å². The van der Waals surface area contributed by atoms with E-state index in [0.717, 1.165) is 6.42 Å². The Labute approximate surface area is 85.3 Å². The molecule has 0 aromatic carbocycles. The van der Waals surface area contributed by atoms with Crippen LogP contribution in [0.1, 0.15) is 26.2 Å². The molecule has 2 heteroatoms. The Kier molecular flexibility index (Phi) is 31.7. The fraction of sp³-hybridized carbons (Fsp3) is 0.667. The number of rotatable bonds is 3. The minimum Gasteiger partial charge on any atom is -1.00 e. The van der Waals surface area contributed by atoms with Gasteiger partial charge < -0.3 is 30.6 Å². The summed E-state index contributed by atoms with van der Waals surface area (Å²) >= 11 is 0. The number of hydrogen-bond donors (Lipinski definition) is 0. The minimum absolute atomic E-state index is 0. The summed E-state index contributed by atoms with van der Waals surface area (Å²) in [4.78, 5) is 0. The third kappa shape index (κ3) is 15.7. The molecule has 0 aliphatic heterocycles. The number of hydrogen-bond acceptors (Lipinski definition) is 0. The second-order valence-corrected chi connectivity index (χ2v) is 1.38. The first-order chi connectivity index (χ1) is 2.91. The van der Waals surface area contributed by atoms with Gasteiger partial charge in [0.05, 0.1) is 0 Å². The molecule has 0 aromatic heterocycles. The molecule has 0 nitrogen and oxygen atoms in total. The predicted octanol–water partition coefficient (Wildman–Crippen LogP) is -1.21. The molecule has 0 fully saturated rings. The maximum Gasteiger partial charge on any atom is 2.00 e. The summed E-state index contributed by atoms with van der Waals surface area (Å²) in [5, 5.41) is 0. The molecule has 0 heterocycles. The zero-order valence-corrected chi connectivity index (χ0v) is 8.93. The summed E-state index contributed by atoms with van der Waals surface area (Å²) in [7, 11) is 0. The van der Waals surface area contributed by atoms with Crippen molar-refractivity contribution in [3.63, 3.8) is 0 Å². The molecule has 0 saturated carbocycles. The van der Waals surface area contributed by atoms with Crippen LogP contribution in [0.4, 0.5) is 0 Å². The summed E-state index contributed by atoms with van der Waals surface area (Å²) < 4.78 is 0. The van der Waals surface area contributed by atoms with E-state index < -0.39 is 0 Å². The van der Waals surface area contributed by atoms with Gasteiger partial charge in [0.15, 0.2) is 0 Å². The largest absolute Gasteiger partial charge is 2.00 e. The van der Waals surface area contributed by atoms with E-state index in [1.54, 1.807) is 6.08 Å². The molecule has 0 aliphatic rings. The van der Waals surface area contributed by atoms with Gasteiger partial charge in [-0.1, -0.05) is 26.2 Å². The van der Waals surface area contributed by atoms with Crippen molar-refractivity contribution in [1.29, 1.82) is 0 Å². The van der Waals surface area contributed by atoms with Gasteiger partial charge in [-0.2, -0.15) is 0 Å². The van der Waals surface area contributed by atoms with Crippen molar-refractivity contribution in [3.8, 4) is 0 Å². The molecule has 0 N–H and O–H groups in total. The van der Waals surface area contributed by atoms with E-state index in [4.69, 9.17) is 6.58 Å². The molecular formula is C6H11IMg. The van der Waals surface area contributed by atoms with Crippen molar-refractivity contribution in [2.45, 2.75) is 26.2 Å². The summed E-state index contributed by atoms with van der Waals surface area (Å²) in [5.74, 6) is 0. The van der Waals surface area contributed by atoms with Crippen molar-refractivity contribution in [1.82, 2.24) is 0 Å². The van der Waals surface area contributed by atoms with Crippen LogP contribution in [0.3, 0.4) is 0 Å². The zero-order chi connectivity index (χ0) is 4.83. The third-order valence-electron chi connectivity index (χ3n) is 0.724. The number of unbranched alkanes of at least 4 members (excludes halogenated alkanes) is 2. The smallest absolute Gasteiger partial charge is 1.00 e. The topological polar surface area (TPSA) is 0 Å². The molecule has 0 atom stereocenters. The Hall–Kier alpha value is 1.24. The van der Waals surface area contributed by atoms with Crippen LogP contribution in [0.15, 0.2) is 6.08 Å². The van der Waals surface area contributed by atoms with E-state index in [2.05, 4.69) is 6.92 Å². The maximum atomic E-state index is 5.09. The van der Waals surface area contributed by atoms with Crippen molar-refractivity contribution in [3.05, 3.63) is 12.7 Å². The van der Waals surface area contributed by atoms with Gasteiger partial charge in [-0.05, 0) is 0 Å². The molecule has 0 aliphatic carbocycles. The van der Waals surface area contributed by atoms with Gasteiger partial charge in [-0.3, -0.25) is 6.08 Å². The molecule has 0 amide bonds. The Morgan fingerprint density at radius 2 is 2.00 bits per heavy atom. The third-order valence-corrected chi connectivity index (χ3v) is 0.724. The SMILES string of the molecule is [CH-]=CCCCC.[I-].[Mg+2]. The monoisotopic (exact) mass is 234 g/mol. The molecule has 0 spiro atoms. The van der Waals surface area contributed by atoms with Crippen LogP contribution in [0.25, 0.3) is 0 Å². The molecule has 0 rings (SSSR count). The van der Waals surface area contributed by atoms with Gasteiger partial charge >= 0.3 is 23.1 Å². The second-order valence-electron chi connectivity index (χ2n) is 1.38. The minimum atomic E-state index is 0. The summed E-state index contributed by atoms with van der Waals surface area (Å²) in [5.41, 5.74) is 0. The fourth-order valence-electron chi connectivity index (χ4n) is 0.322. The molecule has 0 bridgehead atoms. The second kappa shape index (κ2) is 15.7. The van der Waals surface area contributed by atoms with Gasteiger partial charge in [0, 0.05) is 0 Å². The number of halogens is 1. The zero-order valence-electron chi connectivity index (χ0n) is 5.36. The quantitative estimate of drug-likeness (QED) is 0.249. The number of allylic oxidation sites excluding steroid dienone is 1. The van der Waals surface area contributed by atoms with Crippen molar-refractivity contribution >= 4 is 23.1 Å². The fourth-order valence-corrected chi connectivity index (χ4v) is 0.322. The standard InChI is InChI=1S/C6H11.HI.Mg/c1-3-5-6-4-2;;/h1,3H,4-6H2,2H3;1H;/q-1;;+2/p-1. The molecule has 0 unspecified atom stereocenters. The van der Waals surface area contributed by atoms with Crippen molar-refractivity contribution in [2.75, 3.05) is 0 Å². The first kappa shape index (κ1) is 16.1. The van der Waals surface area contributed by atoms with E-state index in [0.29, 0.717) is 0 Å². The average molecular weight is 234 g/mol. The van der Waals surface area contributed by atoms with Crippen LogP contribution in [0.2, 0.25) is 0 Å². The van der Waals surface area contributed by atoms with E-state index in [1.807, 2.05) is 0 Å². The molecule has 8 heavy (non-hydrogen) atoms. The van der Waals surface area contributed by atoms with Crippen molar-refractivity contribution < 1.29 is 24.0 Å². The van der Waals surface area contributed by atoms with E-state index in [9.17, 15) is 0 Å². The summed E-state index contributed by atoms with van der Waals surface area (Å²) in [6, 6.07) is 0. The van der Waals surface area contributed by atoms with E-state index in [1.165, 1.54) is 12.8 Å². The van der Waals surface area contributed by atoms with Crippen molar-refractivity contribution in [2.24, 2.45) is 0 Å².